The molecular weight excluding hydrogens is 383 g/mol. The van der Waals surface area contributed by atoms with Crippen LogP contribution in [0.4, 0.5) is 18.9 Å². The molecule has 2 saturated heterocycles. The van der Waals surface area contributed by atoms with Crippen molar-refractivity contribution in [1.82, 2.24) is 9.80 Å². The molecule has 1 spiro atoms. The van der Waals surface area contributed by atoms with E-state index in [-0.39, 0.29) is 18.0 Å². The van der Waals surface area contributed by atoms with E-state index in [0.717, 1.165) is 18.2 Å². The third-order valence-electron chi connectivity index (χ3n) is 5.78. The Hall–Kier alpha value is -2.87. The molecule has 2 aliphatic rings. The highest BCUT2D eigenvalue weighted by Gasteiger charge is 2.48. The second kappa shape index (κ2) is 7.18. The first kappa shape index (κ1) is 19.4. The second-order valence-electron chi connectivity index (χ2n) is 7.67. The van der Waals surface area contributed by atoms with Crippen LogP contribution in [0.25, 0.3) is 0 Å². The van der Waals surface area contributed by atoms with E-state index in [1.54, 1.807) is 21.9 Å². The molecule has 0 aromatic heterocycles. The van der Waals surface area contributed by atoms with E-state index in [0.29, 0.717) is 31.7 Å². The molecule has 2 fully saturated rings. The molecule has 2 heterocycles. The molecule has 2 aliphatic heterocycles. The summed E-state index contributed by atoms with van der Waals surface area (Å²) < 4.78 is 40.7. The Morgan fingerprint density at radius 1 is 1.00 bits per heavy atom. The number of likely N-dealkylation sites (tertiary alicyclic amines) is 1. The van der Waals surface area contributed by atoms with Crippen molar-refractivity contribution in [2.45, 2.75) is 12.0 Å². The number of rotatable bonds is 2. The molecule has 8 heteroatoms. The maximum Gasteiger partial charge on any atom is 0.254 e. The molecule has 2 aromatic rings. The summed E-state index contributed by atoms with van der Waals surface area (Å²) in [4.78, 5) is 30.3. The quantitative estimate of drug-likeness (QED) is 0.775. The monoisotopic (exact) mass is 403 g/mol. The summed E-state index contributed by atoms with van der Waals surface area (Å²) in [5.74, 6) is -2.65. The Morgan fingerprint density at radius 3 is 2.41 bits per heavy atom. The van der Waals surface area contributed by atoms with Crippen LogP contribution in [-0.4, -0.2) is 60.4 Å². The number of amides is 2. The lowest BCUT2D eigenvalue weighted by molar-refractivity contribution is -0.123. The Morgan fingerprint density at radius 2 is 1.72 bits per heavy atom. The van der Waals surface area contributed by atoms with Gasteiger partial charge in [0.2, 0.25) is 5.91 Å². The number of hydrogen-bond donors (Lipinski definition) is 0. The zero-order valence-electron chi connectivity index (χ0n) is 15.9. The molecule has 0 N–H and O–H groups in total. The highest BCUT2D eigenvalue weighted by molar-refractivity contribution is 5.97. The summed E-state index contributed by atoms with van der Waals surface area (Å²) in [6.07, 6.45) is 0.589. The summed E-state index contributed by atoms with van der Waals surface area (Å²) in [5.41, 5.74) is -0.0857. The number of carbonyl (C=O) groups is 2. The van der Waals surface area contributed by atoms with Gasteiger partial charge in [0.25, 0.3) is 5.91 Å². The first-order valence-electron chi connectivity index (χ1n) is 9.30. The van der Waals surface area contributed by atoms with Gasteiger partial charge in [-0.15, -0.1) is 0 Å². The van der Waals surface area contributed by atoms with E-state index in [1.165, 1.54) is 12.1 Å². The second-order valence-corrected chi connectivity index (χ2v) is 7.67. The van der Waals surface area contributed by atoms with Gasteiger partial charge in [0.1, 0.15) is 17.5 Å². The predicted octanol–water partition coefficient (Wildman–Crippen LogP) is 2.67. The van der Waals surface area contributed by atoms with E-state index >= 15 is 0 Å². The zero-order chi connectivity index (χ0) is 20.8. The van der Waals surface area contributed by atoms with Crippen molar-refractivity contribution < 1.29 is 22.8 Å². The minimum Gasteiger partial charge on any atom is -0.337 e. The van der Waals surface area contributed by atoms with Gasteiger partial charge < -0.3 is 9.80 Å². The molecule has 4 rings (SSSR count). The Labute approximate surface area is 166 Å². The largest absolute Gasteiger partial charge is 0.337 e. The lowest BCUT2D eigenvalue weighted by atomic mass is 9.92. The summed E-state index contributed by atoms with van der Waals surface area (Å²) in [6, 6.07) is 8.60. The van der Waals surface area contributed by atoms with Gasteiger partial charge in [0, 0.05) is 37.0 Å². The van der Waals surface area contributed by atoms with Crippen molar-refractivity contribution in [3.63, 3.8) is 0 Å². The molecule has 0 saturated carbocycles. The topological polar surface area (TPSA) is 43.9 Å². The van der Waals surface area contributed by atoms with E-state index in [1.807, 2.05) is 11.9 Å². The summed E-state index contributed by atoms with van der Waals surface area (Å²) in [5, 5.41) is 0. The van der Waals surface area contributed by atoms with Gasteiger partial charge >= 0.3 is 0 Å². The first-order chi connectivity index (χ1) is 13.8. The number of halogens is 3. The lowest BCUT2D eigenvalue weighted by Gasteiger charge is -2.46. The highest BCUT2D eigenvalue weighted by Crippen LogP contribution is 2.34. The molecule has 1 atom stereocenters. The summed E-state index contributed by atoms with van der Waals surface area (Å²) in [6.45, 7) is 1.13. The van der Waals surface area contributed by atoms with Crippen LogP contribution < -0.4 is 4.90 Å². The third kappa shape index (κ3) is 3.60. The molecule has 2 amide bonds. The molecule has 29 heavy (non-hydrogen) atoms. The van der Waals surface area contributed by atoms with Crippen molar-refractivity contribution in [2.75, 3.05) is 38.1 Å². The molecule has 0 radical (unpaired) electrons. The van der Waals surface area contributed by atoms with Crippen LogP contribution in [0.2, 0.25) is 0 Å². The van der Waals surface area contributed by atoms with Crippen LogP contribution in [0.5, 0.6) is 0 Å². The van der Waals surface area contributed by atoms with E-state index in [4.69, 9.17) is 0 Å². The third-order valence-corrected chi connectivity index (χ3v) is 5.78. The Balaban J connectivity index is 1.57. The smallest absolute Gasteiger partial charge is 0.254 e. The van der Waals surface area contributed by atoms with Gasteiger partial charge in [-0.25, -0.2) is 13.2 Å². The van der Waals surface area contributed by atoms with Gasteiger partial charge in [-0.05, 0) is 43.8 Å². The van der Waals surface area contributed by atoms with Gasteiger partial charge in [-0.1, -0.05) is 6.07 Å². The summed E-state index contributed by atoms with van der Waals surface area (Å²) >= 11 is 0. The fraction of sp³-hybridized carbons (Fsp3) is 0.333. The highest BCUT2D eigenvalue weighted by atomic mass is 19.1. The molecule has 2 aromatic carbocycles. The molecule has 5 nitrogen and oxygen atoms in total. The van der Waals surface area contributed by atoms with Crippen molar-refractivity contribution in [3.05, 3.63) is 65.5 Å². The first-order valence-corrected chi connectivity index (χ1v) is 9.30. The van der Waals surface area contributed by atoms with Crippen molar-refractivity contribution in [2.24, 2.45) is 0 Å². The molecule has 0 aliphatic carbocycles. The molecular formula is C21H20F3N3O2. The number of hydrogen-bond acceptors (Lipinski definition) is 3. The Kier molecular flexibility index (Phi) is 4.82. The minimum absolute atomic E-state index is 0.0453. The maximum atomic E-state index is 13.7. The number of anilines is 1. The number of carbonyl (C=O) groups excluding carboxylic acids is 2. The van der Waals surface area contributed by atoms with Crippen LogP contribution in [-0.2, 0) is 4.79 Å². The number of benzene rings is 2. The minimum atomic E-state index is -0.806. The number of likely N-dealkylation sites (N-methyl/N-ethyl adjacent to an activating group) is 1. The zero-order valence-corrected chi connectivity index (χ0v) is 15.9. The van der Waals surface area contributed by atoms with Crippen LogP contribution in [0.1, 0.15) is 16.8 Å². The average molecular weight is 403 g/mol. The maximum absolute atomic E-state index is 13.7. The number of nitrogens with zero attached hydrogens (tertiary/aromatic N) is 3. The van der Waals surface area contributed by atoms with E-state index in [9.17, 15) is 22.8 Å². The molecule has 0 bridgehead atoms. The SMILES string of the molecule is CN1CC(=O)N(c2cccc(F)c2)C[C@@]12CCN(C(=O)c1cc(F)cc(F)c1)C2. The van der Waals surface area contributed by atoms with Crippen LogP contribution in [0, 0.1) is 17.5 Å². The van der Waals surface area contributed by atoms with Crippen LogP contribution in [0.3, 0.4) is 0 Å². The van der Waals surface area contributed by atoms with E-state index in [2.05, 4.69) is 0 Å². The van der Waals surface area contributed by atoms with Gasteiger partial charge in [-0.2, -0.15) is 0 Å². The van der Waals surface area contributed by atoms with Crippen molar-refractivity contribution >= 4 is 17.5 Å². The fourth-order valence-electron chi connectivity index (χ4n) is 4.17. The van der Waals surface area contributed by atoms with Gasteiger partial charge in [0.15, 0.2) is 0 Å². The lowest BCUT2D eigenvalue weighted by Crippen LogP contribution is -2.64. The van der Waals surface area contributed by atoms with Crippen molar-refractivity contribution in [3.8, 4) is 0 Å². The van der Waals surface area contributed by atoms with Crippen LogP contribution >= 0.6 is 0 Å². The molecule has 152 valence electrons. The van der Waals surface area contributed by atoms with Gasteiger partial charge in [0.05, 0.1) is 12.1 Å². The predicted molar refractivity (Wildman–Crippen MR) is 101 cm³/mol. The van der Waals surface area contributed by atoms with Gasteiger partial charge in [-0.3, -0.25) is 14.5 Å². The number of piperazine rings is 1. The summed E-state index contributed by atoms with van der Waals surface area (Å²) in [7, 11) is 1.82. The normalized spacial score (nSPS) is 22.6. The average Bonchev–Trinajstić information content (AvgIpc) is 3.09. The fourth-order valence-corrected chi connectivity index (χ4v) is 4.17. The van der Waals surface area contributed by atoms with E-state index < -0.39 is 28.9 Å². The van der Waals surface area contributed by atoms with Crippen LogP contribution in [0.15, 0.2) is 42.5 Å². The van der Waals surface area contributed by atoms with Crippen molar-refractivity contribution in [1.29, 1.82) is 0 Å². The molecule has 0 unspecified atom stereocenters. The standard InChI is InChI=1S/C21H20F3N3O2/c1-25-11-19(28)27(18-4-2-3-15(22)10-18)13-21(25)5-6-26(12-21)20(29)14-7-16(23)9-17(24)8-14/h2-4,7-10H,5-6,11-13H2,1H3/t21-/m0/s1. The Bertz CT molecular complexity index is 963.